The molecule has 1 fully saturated rings. The SMILES string of the molecule is CC1(C)CCCN1c1cc(Cl)ccc1CN. The van der Waals surface area contributed by atoms with E-state index in [9.17, 15) is 0 Å². The molecule has 16 heavy (non-hydrogen) atoms. The number of halogens is 1. The monoisotopic (exact) mass is 238 g/mol. The summed E-state index contributed by atoms with van der Waals surface area (Å²) >= 11 is 6.08. The number of rotatable bonds is 2. The maximum Gasteiger partial charge on any atom is 0.0431 e. The summed E-state index contributed by atoms with van der Waals surface area (Å²) in [5, 5.41) is 0.787. The summed E-state index contributed by atoms with van der Waals surface area (Å²) in [5.41, 5.74) is 8.39. The van der Waals surface area contributed by atoms with E-state index < -0.39 is 0 Å². The fraction of sp³-hybridized carbons (Fsp3) is 0.538. The van der Waals surface area contributed by atoms with E-state index in [-0.39, 0.29) is 5.54 Å². The lowest BCUT2D eigenvalue weighted by atomic mass is 10.0. The molecule has 0 atom stereocenters. The van der Waals surface area contributed by atoms with Crippen LogP contribution in [-0.2, 0) is 6.54 Å². The number of hydrogen-bond donors (Lipinski definition) is 1. The van der Waals surface area contributed by atoms with Gasteiger partial charge < -0.3 is 10.6 Å². The molecule has 88 valence electrons. The lowest BCUT2D eigenvalue weighted by Gasteiger charge is -2.35. The van der Waals surface area contributed by atoms with E-state index in [4.69, 9.17) is 17.3 Å². The third kappa shape index (κ3) is 2.04. The Bertz CT molecular complexity index is 388. The van der Waals surface area contributed by atoms with Crippen LogP contribution in [0.3, 0.4) is 0 Å². The van der Waals surface area contributed by atoms with Gasteiger partial charge in [-0.1, -0.05) is 17.7 Å². The van der Waals surface area contributed by atoms with Gasteiger partial charge in [-0.25, -0.2) is 0 Å². The quantitative estimate of drug-likeness (QED) is 0.858. The third-order valence-corrected chi connectivity index (χ3v) is 3.69. The van der Waals surface area contributed by atoms with Crippen molar-refractivity contribution in [3.8, 4) is 0 Å². The summed E-state index contributed by atoms with van der Waals surface area (Å²) < 4.78 is 0. The Morgan fingerprint density at radius 3 is 2.75 bits per heavy atom. The molecular formula is C13H19ClN2. The van der Waals surface area contributed by atoms with Gasteiger partial charge in [-0.3, -0.25) is 0 Å². The lowest BCUT2D eigenvalue weighted by molar-refractivity contribution is 0.517. The summed E-state index contributed by atoms with van der Waals surface area (Å²) in [6.45, 7) is 6.22. The van der Waals surface area contributed by atoms with Crippen LogP contribution < -0.4 is 10.6 Å². The molecule has 0 bridgehead atoms. The molecule has 0 spiro atoms. The van der Waals surface area contributed by atoms with Crippen LogP contribution in [0, 0.1) is 0 Å². The van der Waals surface area contributed by atoms with Crippen molar-refractivity contribution in [2.75, 3.05) is 11.4 Å². The van der Waals surface area contributed by atoms with E-state index in [0.717, 1.165) is 11.6 Å². The van der Waals surface area contributed by atoms with Gasteiger partial charge in [0.25, 0.3) is 0 Å². The minimum atomic E-state index is 0.217. The summed E-state index contributed by atoms with van der Waals surface area (Å²) in [5.74, 6) is 0. The molecule has 0 aliphatic carbocycles. The van der Waals surface area contributed by atoms with Gasteiger partial charge in [-0.05, 0) is 44.4 Å². The van der Waals surface area contributed by atoms with Gasteiger partial charge in [0.05, 0.1) is 0 Å². The summed E-state index contributed by atoms with van der Waals surface area (Å²) in [4.78, 5) is 2.43. The molecule has 0 amide bonds. The number of hydrogen-bond acceptors (Lipinski definition) is 2. The third-order valence-electron chi connectivity index (χ3n) is 3.46. The van der Waals surface area contributed by atoms with E-state index in [1.165, 1.54) is 24.1 Å². The van der Waals surface area contributed by atoms with Crippen LogP contribution in [0.4, 0.5) is 5.69 Å². The molecule has 3 heteroatoms. The highest BCUT2D eigenvalue weighted by Crippen LogP contribution is 2.36. The first-order valence-electron chi connectivity index (χ1n) is 5.81. The van der Waals surface area contributed by atoms with Gasteiger partial charge in [0.2, 0.25) is 0 Å². The number of nitrogens with zero attached hydrogens (tertiary/aromatic N) is 1. The second-order valence-electron chi connectivity index (χ2n) is 5.04. The highest BCUT2D eigenvalue weighted by atomic mass is 35.5. The zero-order valence-corrected chi connectivity index (χ0v) is 10.7. The molecule has 0 unspecified atom stereocenters. The highest BCUT2D eigenvalue weighted by Gasteiger charge is 2.32. The lowest BCUT2D eigenvalue weighted by Crippen LogP contribution is -2.38. The van der Waals surface area contributed by atoms with Gasteiger partial charge in [0.15, 0.2) is 0 Å². The number of benzene rings is 1. The molecule has 1 heterocycles. The zero-order valence-electron chi connectivity index (χ0n) is 9.96. The van der Waals surface area contributed by atoms with E-state index in [1.807, 2.05) is 18.2 Å². The molecule has 0 saturated carbocycles. The second-order valence-corrected chi connectivity index (χ2v) is 5.48. The van der Waals surface area contributed by atoms with Crippen molar-refractivity contribution in [1.29, 1.82) is 0 Å². The molecule has 2 N–H and O–H groups in total. The molecule has 1 aliphatic rings. The Hall–Kier alpha value is -0.730. The topological polar surface area (TPSA) is 29.3 Å². The normalized spacial score (nSPS) is 19.1. The first-order chi connectivity index (χ1) is 7.54. The summed E-state index contributed by atoms with van der Waals surface area (Å²) in [6, 6.07) is 5.99. The van der Waals surface area contributed by atoms with Crippen molar-refractivity contribution in [1.82, 2.24) is 0 Å². The maximum atomic E-state index is 6.08. The summed E-state index contributed by atoms with van der Waals surface area (Å²) in [7, 11) is 0. The van der Waals surface area contributed by atoms with Crippen molar-refractivity contribution in [2.45, 2.75) is 38.8 Å². The Labute approximate surface area is 102 Å². The van der Waals surface area contributed by atoms with Gasteiger partial charge >= 0.3 is 0 Å². The van der Waals surface area contributed by atoms with Crippen molar-refractivity contribution in [3.63, 3.8) is 0 Å². The molecule has 0 radical (unpaired) electrons. The van der Waals surface area contributed by atoms with Crippen LogP contribution in [0.5, 0.6) is 0 Å². The Balaban J connectivity index is 2.42. The van der Waals surface area contributed by atoms with Gasteiger partial charge in [-0.2, -0.15) is 0 Å². The fourth-order valence-corrected chi connectivity index (χ4v) is 2.68. The molecule has 1 aromatic rings. The minimum Gasteiger partial charge on any atom is -0.366 e. The maximum absolute atomic E-state index is 6.08. The predicted octanol–water partition coefficient (Wildman–Crippen LogP) is 3.18. The Kier molecular flexibility index (Phi) is 3.13. The molecule has 1 saturated heterocycles. The van der Waals surface area contributed by atoms with Gasteiger partial charge in [0, 0.05) is 29.3 Å². The average molecular weight is 239 g/mol. The first kappa shape index (κ1) is 11.7. The van der Waals surface area contributed by atoms with Crippen LogP contribution in [0.1, 0.15) is 32.3 Å². The van der Waals surface area contributed by atoms with Crippen molar-refractivity contribution in [3.05, 3.63) is 28.8 Å². The van der Waals surface area contributed by atoms with Gasteiger partial charge in [-0.15, -0.1) is 0 Å². The smallest absolute Gasteiger partial charge is 0.0431 e. The predicted molar refractivity (Wildman–Crippen MR) is 70.0 cm³/mol. The molecule has 1 aromatic carbocycles. The van der Waals surface area contributed by atoms with Crippen molar-refractivity contribution in [2.24, 2.45) is 5.73 Å². The molecule has 0 aromatic heterocycles. The number of nitrogens with two attached hydrogens (primary N) is 1. The molecule has 2 rings (SSSR count). The Morgan fingerprint density at radius 1 is 1.44 bits per heavy atom. The van der Waals surface area contributed by atoms with E-state index >= 15 is 0 Å². The zero-order chi connectivity index (χ0) is 11.8. The largest absolute Gasteiger partial charge is 0.366 e. The fourth-order valence-electron chi connectivity index (χ4n) is 2.51. The highest BCUT2D eigenvalue weighted by molar-refractivity contribution is 6.30. The second kappa shape index (κ2) is 4.27. The Morgan fingerprint density at radius 2 is 2.19 bits per heavy atom. The van der Waals surface area contributed by atoms with E-state index in [1.54, 1.807) is 0 Å². The molecule has 1 aliphatic heterocycles. The van der Waals surface area contributed by atoms with Crippen LogP contribution in [-0.4, -0.2) is 12.1 Å². The molecular weight excluding hydrogens is 220 g/mol. The van der Waals surface area contributed by atoms with Crippen LogP contribution >= 0.6 is 11.6 Å². The van der Waals surface area contributed by atoms with Crippen molar-refractivity contribution < 1.29 is 0 Å². The first-order valence-corrected chi connectivity index (χ1v) is 6.18. The molecule has 2 nitrogen and oxygen atoms in total. The van der Waals surface area contributed by atoms with Crippen LogP contribution in [0.25, 0.3) is 0 Å². The van der Waals surface area contributed by atoms with E-state index in [2.05, 4.69) is 18.7 Å². The summed E-state index contributed by atoms with van der Waals surface area (Å²) in [6.07, 6.45) is 2.47. The van der Waals surface area contributed by atoms with Crippen molar-refractivity contribution >= 4 is 17.3 Å². The minimum absolute atomic E-state index is 0.217. The average Bonchev–Trinajstić information content (AvgIpc) is 2.58. The van der Waals surface area contributed by atoms with E-state index in [0.29, 0.717) is 6.54 Å². The van der Waals surface area contributed by atoms with Crippen LogP contribution in [0.2, 0.25) is 5.02 Å². The van der Waals surface area contributed by atoms with Crippen LogP contribution in [0.15, 0.2) is 18.2 Å². The number of anilines is 1. The standard InChI is InChI=1S/C13H19ClN2/c1-13(2)6-3-7-16(13)12-8-11(14)5-4-10(12)9-15/h4-5,8H,3,6-7,9,15H2,1-2H3. The van der Waals surface area contributed by atoms with Gasteiger partial charge in [0.1, 0.15) is 0 Å².